The predicted molar refractivity (Wildman–Crippen MR) is 103 cm³/mol. The van der Waals surface area contributed by atoms with Crippen molar-refractivity contribution in [2.45, 2.75) is 112 Å². The molecular formula is C21H44O2. The van der Waals surface area contributed by atoms with Crippen LogP contribution in [0.15, 0.2) is 0 Å². The molecule has 0 aromatic rings. The zero-order valence-electron chi connectivity index (χ0n) is 16.9. The lowest BCUT2D eigenvalue weighted by Crippen LogP contribution is -2.03. The zero-order chi connectivity index (χ0) is 18.1. The predicted octanol–water partition coefficient (Wildman–Crippen LogP) is 7.32. The van der Waals surface area contributed by atoms with Gasteiger partial charge in [-0.25, -0.2) is 0 Å². The molecule has 0 rings (SSSR count). The monoisotopic (exact) mass is 328 g/mol. The summed E-state index contributed by atoms with van der Waals surface area (Å²) in [5.41, 5.74) is 0. The van der Waals surface area contributed by atoms with E-state index in [0.29, 0.717) is 0 Å². The fraction of sp³-hybridized carbons (Fsp3) is 0.952. The van der Waals surface area contributed by atoms with Gasteiger partial charge in [0.25, 0.3) is 0 Å². The second-order valence-corrected chi connectivity index (χ2v) is 7.83. The molecule has 0 aliphatic rings. The lowest BCUT2D eigenvalue weighted by Gasteiger charge is -2.12. The average Bonchev–Trinajstić information content (AvgIpc) is 2.46. The van der Waals surface area contributed by atoms with Crippen molar-refractivity contribution in [2.24, 2.45) is 17.8 Å². The van der Waals surface area contributed by atoms with Crippen LogP contribution in [-0.4, -0.2) is 11.1 Å². The van der Waals surface area contributed by atoms with E-state index in [1.807, 2.05) is 0 Å². The van der Waals surface area contributed by atoms with E-state index in [0.717, 1.165) is 11.8 Å². The van der Waals surface area contributed by atoms with Gasteiger partial charge in [0.05, 0.1) is 5.92 Å². The zero-order valence-corrected chi connectivity index (χ0v) is 16.9. The Morgan fingerprint density at radius 2 is 1.17 bits per heavy atom. The van der Waals surface area contributed by atoms with Crippen molar-refractivity contribution in [1.82, 2.24) is 0 Å². The van der Waals surface area contributed by atoms with Gasteiger partial charge in [0.1, 0.15) is 0 Å². The van der Waals surface area contributed by atoms with Crippen LogP contribution in [0.1, 0.15) is 112 Å². The van der Waals surface area contributed by atoms with E-state index >= 15 is 0 Å². The fourth-order valence-electron chi connectivity index (χ4n) is 2.47. The highest BCUT2D eigenvalue weighted by molar-refractivity contribution is 5.68. The third-order valence-corrected chi connectivity index (χ3v) is 4.27. The van der Waals surface area contributed by atoms with Gasteiger partial charge in [-0.2, -0.15) is 0 Å². The van der Waals surface area contributed by atoms with Gasteiger partial charge in [-0.1, -0.05) is 112 Å². The maximum Gasteiger partial charge on any atom is 0.305 e. The molecular weight excluding hydrogens is 284 g/mol. The summed E-state index contributed by atoms with van der Waals surface area (Å²) in [5.74, 6) is 0.880. The molecule has 0 saturated carbocycles. The Morgan fingerprint density at radius 1 is 0.739 bits per heavy atom. The maximum atomic E-state index is 9.70. The van der Waals surface area contributed by atoms with E-state index in [2.05, 4.69) is 27.7 Å². The van der Waals surface area contributed by atoms with Crippen LogP contribution in [0, 0.1) is 17.8 Å². The van der Waals surface area contributed by atoms with Crippen LogP contribution >= 0.6 is 0 Å². The normalized spacial score (nSPS) is 12.2. The Hall–Kier alpha value is -0.530. The quantitative estimate of drug-likeness (QED) is 0.360. The van der Waals surface area contributed by atoms with E-state index in [1.54, 1.807) is 13.8 Å². The highest BCUT2D eigenvalue weighted by Gasteiger charge is 2.03. The van der Waals surface area contributed by atoms with Gasteiger partial charge in [0.15, 0.2) is 0 Å². The Labute approximate surface area is 146 Å². The fourth-order valence-corrected chi connectivity index (χ4v) is 2.47. The van der Waals surface area contributed by atoms with Crippen molar-refractivity contribution in [2.75, 3.05) is 0 Å². The first kappa shape index (κ1) is 24.7. The molecule has 140 valence electrons. The largest absolute Gasteiger partial charge is 0.481 e. The summed E-state index contributed by atoms with van der Waals surface area (Å²) in [5, 5.41) is 7.99. The third kappa shape index (κ3) is 23.9. The number of carboxylic acid groups (broad SMARTS) is 1. The summed E-state index contributed by atoms with van der Waals surface area (Å²) in [6.07, 6.45) is 15.9. The van der Waals surface area contributed by atoms with Gasteiger partial charge < -0.3 is 5.11 Å². The summed E-state index contributed by atoms with van der Waals surface area (Å²) >= 11 is 0. The number of unbranched alkanes of at least 4 members (excludes halogenated alkanes) is 6. The number of hydrogen-bond acceptors (Lipinski definition) is 1. The molecule has 1 atom stereocenters. The van der Waals surface area contributed by atoms with Crippen LogP contribution in [0.2, 0.25) is 0 Å². The molecule has 0 aromatic heterocycles. The van der Waals surface area contributed by atoms with E-state index in [4.69, 9.17) is 5.11 Å². The van der Waals surface area contributed by atoms with Gasteiger partial charge >= 0.3 is 5.97 Å². The molecule has 2 nitrogen and oxygen atoms in total. The molecule has 1 N–H and O–H groups in total. The van der Waals surface area contributed by atoms with Crippen molar-refractivity contribution in [3.63, 3.8) is 0 Å². The first-order chi connectivity index (χ1) is 10.8. The Bertz CT molecular complexity index is 246. The van der Waals surface area contributed by atoms with E-state index in [-0.39, 0.29) is 5.92 Å². The highest BCUT2D eigenvalue weighted by Crippen LogP contribution is 2.18. The molecule has 0 radical (unpaired) electrons. The minimum Gasteiger partial charge on any atom is -0.481 e. The number of rotatable bonds is 13. The lowest BCUT2D eigenvalue weighted by atomic mass is 9.95. The number of carboxylic acids is 1. The first-order valence-corrected chi connectivity index (χ1v) is 10.0. The molecule has 0 aromatic carbocycles. The molecule has 0 fully saturated rings. The van der Waals surface area contributed by atoms with Crippen molar-refractivity contribution in [1.29, 1.82) is 0 Å². The minimum atomic E-state index is -0.741. The molecule has 1 unspecified atom stereocenters. The van der Waals surface area contributed by atoms with Gasteiger partial charge in [0.2, 0.25) is 0 Å². The van der Waals surface area contributed by atoms with Crippen molar-refractivity contribution in [3.8, 4) is 0 Å². The second kappa shape index (κ2) is 17.8. The first-order valence-electron chi connectivity index (χ1n) is 10.0. The smallest absolute Gasteiger partial charge is 0.305 e. The summed E-state index contributed by atoms with van der Waals surface area (Å²) < 4.78 is 0. The molecule has 23 heavy (non-hydrogen) atoms. The minimum absolute atomic E-state index is 0.231. The summed E-state index contributed by atoms with van der Waals surface area (Å²) in [7, 11) is 0. The summed E-state index contributed by atoms with van der Waals surface area (Å²) in [6.45, 7) is 12.7. The van der Waals surface area contributed by atoms with Gasteiger partial charge in [-0.3, -0.25) is 4.79 Å². The second-order valence-electron chi connectivity index (χ2n) is 7.83. The van der Waals surface area contributed by atoms with Crippen molar-refractivity contribution < 1.29 is 9.90 Å². The van der Waals surface area contributed by atoms with Crippen molar-refractivity contribution >= 4 is 5.97 Å². The van der Waals surface area contributed by atoms with Crippen LogP contribution in [0.3, 0.4) is 0 Å². The molecule has 0 aliphatic carbocycles. The molecule has 0 bridgehead atoms. The topological polar surface area (TPSA) is 37.3 Å². The van der Waals surface area contributed by atoms with Gasteiger partial charge in [-0.15, -0.1) is 0 Å². The number of hydrogen-bond donors (Lipinski definition) is 1. The lowest BCUT2D eigenvalue weighted by molar-refractivity contribution is -0.140. The molecule has 0 heterocycles. The molecule has 0 amide bonds. The summed E-state index contributed by atoms with van der Waals surface area (Å²) in [6, 6.07) is 0. The van der Waals surface area contributed by atoms with E-state index in [9.17, 15) is 4.79 Å². The van der Waals surface area contributed by atoms with Crippen LogP contribution in [-0.2, 0) is 4.79 Å². The molecule has 0 saturated heterocycles. The Balaban J connectivity index is 0. The van der Waals surface area contributed by atoms with Gasteiger partial charge in [0, 0.05) is 0 Å². The van der Waals surface area contributed by atoms with E-state index < -0.39 is 5.97 Å². The Kier molecular flexibility index (Phi) is 19.1. The molecule has 0 spiro atoms. The van der Waals surface area contributed by atoms with Crippen LogP contribution in [0.4, 0.5) is 0 Å². The van der Waals surface area contributed by atoms with Crippen LogP contribution in [0.25, 0.3) is 0 Å². The van der Waals surface area contributed by atoms with Crippen LogP contribution in [0.5, 0.6) is 0 Å². The SMILES string of the molecule is CC(C)C(=O)O.CCCCCCCCCC(C)CCCC(C)C. The highest BCUT2D eigenvalue weighted by atomic mass is 16.4. The summed E-state index contributed by atoms with van der Waals surface area (Å²) in [4.78, 5) is 9.70. The third-order valence-electron chi connectivity index (χ3n) is 4.27. The average molecular weight is 329 g/mol. The van der Waals surface area contributed by atoms with Crippen LogP contribution < -0.4 is 0 Å². The Morgan fingerprint density at radius 3 is 1.61 bits per heavy atom. The maximum absolute atomic E-state index is 9.70. The molecule has 0 aliphatic heterocycles. The number of carbonyl (C=O) groups is 1. The van der Waals surface area contributed by atoms with Crippen molar-refractivity contribution in [3.05, 3.63) is 0 Å². The number of aliphatic carboxylic acids is 1. The van der Waals surface area contributed by atoms with E-state index in [1.165, 1.54) is 70.6 Å². The standard InChI is InChI=1S/C17H36.C4H8O2/c1-5-6-7-8-9-10-11-14-17(4)15-12-13-16(2)3;1-3(2)4(5)6/h16-17H,5-15H2,1-4H3;3H,1-2H3,(H,5,6). The van der Waals surface area contributed by atoms with Gasteiger partial charge in [-0.05, 0) is 11.8 Å². The molecule has 2 heteroatoms.